The van der Waals surface area contributed by atoms with Gasteiger partial charge in [0.1, 0.15) is 5.82 Å². The summed E-state index contributed by atoms with van der Waals surface area (Å²) in [5.41, 5.74) is 3.82. The molecule has 0 aliphatic heterocycles. The summed E-state index contributed by atoms with van der Waals surface area (Å²) in [5.74, 6) is -1.15. The van der Waals surface area contributed by atoms with Gasteiger partial charge < -0.3 is 5.32 Å². The van der Waals surface area contributed by atoms with Crippen LogP contribution in [0.4, 0.5) is 10.1 Å². The van der Waals surface area contributed by atoms with Crippen LogP contribution in [0.15, 0.2) is 65.5 Å². The second-order valence-corrected chi connectivity index (χ2v) is 8.53. The molecule has 170 valence electrons. The van der Waals surface area contributed by atoms with E-state index in [1.807, 2.05) is 37.3 Å². The first-order valence-corrected chi connectivity index (χ1v) is 10.9. The number of hydrogen-bond donors (Lipinski definition) is 1. The third-order valence-corrected chi connectivity index (χ3v) is 5.84. The minimum atomic E-state index is -0.595. The van der Waals surface area contributed by atoms with Crippen LogP contribution in [0.5, 0.6) is 0 Å². The van der Waals surface area contributed by atoms with Gasteiger partial charge >= 0.3 is 0 Å². The first-order valence-electron chi connectivity index (χ1n) is 10.5. The van der Waals surface area contributed by atoms with Crippen LogP contribution in [-0.2, 0) is 6.54 Å². The Hall–Kier alpha value is -4.04. The summed E-state index contributed by atoms with van der Waals surface area (Å²) >= 11 is 6.00. The van der Waals surface area contributed by atoms with Gasteiger partial charge in [-0.25, -0.2) is 8.91 Å². The fourth-order valence-electron chi connectivity index (χ4n) is 3.85. The summed E-state index contributed by atoms with van der Waals surface area (Å²) in [6.45, 7) is 3.92. The Bertz CT molecular complexity index is 1640. The molecule has 34 heavy (non-hydrogen) atoms. The molecule has 2 aromatic heterocycles. The average Bonchev–Trinajstić information content (AvgIpc) is 3.26. The molecule has 0 spiro atoms. The largest absolute Gasteiger partial charge is 0.319 e. The second-order valence-electron chi connectivity index (χ2n) is 8.09. The maximum atomic E-state index is 13.5. The number of carbonyl (C=O) groups excluding carboxylic acids is 1. The Morgan fingerprint density at radius 1 is 1.03 bits per heavy atom. The number of rotatable bonds is 4. The van der Waals surface area contributed by atoms with E-state index in [0.717, 1.165) is 11.1 Å². The van der Waals surface area contributed by atoms with Crippen molar-refractivity contribution in [2.45, 2.75) is 20.4 Å². The van der Waals surface area contributed by atoms with Gasteiger partial charge in [-0.15, -0.1) is 5.10 Å². The molecule has 0 bridgehead atoms. The molecule has 1 amide bonds. The lowest BCUT2D eigenvalue weighted by molar-refractivity contribution is 0.101. The molecule has 0 aliphatic rings. The summed E-state index contributed by atoms with van der Waals surface area (Å²) in [6, 6.07) is 16.9. The molecule has 9 heteroatoms. The van der Waals surface area contributed by atoms with E-state index in [2.05, 4.69) is 15.4 Å². The van der Waals surface area contributed by atoms with E-state index in [-0.39, 0.29) is 17.0 Å². The number of nitrogens with zero attached hydrogens (tertiary/aromatic N) is 4. The fraction of sp³-hybridized carbons (Fsp3) is 0.120. The minimum absolute atomic E-state index is 0.0336. The molecular weight excluding hydrogens is 457 g/mol. The number of benzene rings is 3. The molecule has 0 unspecified atom stereocenters. The summed E-state index contributed by atoms with van der Waals surface area (Å²) < 4.78 is 16.4. The maximum Gasteiger partial charge on any atom is 0.296 e. The zero-order valence-corrected chi connectivity index (χ0v) is 19.1. The van der Waals surface area contributed by atoms with Gasteiger partial charge in [0.25, 0.3) is 11.5 Å². The van der Waals surface area contributed by atoms with Gasteiger partial charge in [0, 0.05) is 10.7 Å². The van der Waals surface area contributed by atoms with Gasteiger partial charge in [-0.2, -0.15) is 4.98 Å². The fourth-order valence-corrected chi connectivity index (χ4v) is 3.97. The van der Waals surface area contributed by atoms with Gasteiger partial charge in [0.2, 0.25) is 11.5 Å². The first-order chi connectivity index (χ1) is 16.3. The number of carbonyl (C=O) groups is 1. The highest BCUT2D eigenvalue weighted by Crippen LogP contribution is 2.19. The van der Waals surface area contributed by atoms with Crippen molar-refractivity contribution in [1.82, 2.24) is 19.2 Å². The van der Waals surface area contributed by atoms with Gasteiger partial charge in [0.05, 0.1) is 17.6 Å². The lowest BCUT2D eigenvalue weighted by Crippen LogP contribution is -2.24. The van der Waals surface area contributed by atoms with E-state index >= 15 is 0 Å². The van der Waals surface area contributed by atoms with Crippen molar-refractivity contribution in [3.05, 3.63) is 104 Å². The van der Waals surface area contributed by atoms with Gasteiger partial charge in [-0.3, -0.25) is 14.2 Å². The SMILES string of the molecule is Cc1ccc2c(c1)n(Cc1ccc(Cl)cc1)c(=O)c1nc(C(=O)Nc3ccc(F)cc3C)nn12. The molecule has 7 nitrogen and oxygen atoms in total. The molecule has 0 radical (unpaired) electrons. The highest BCUT2D eigenvalue weighted by Gasteiger charge is 2.20. The molecule has 5 rings (SSSR count). The van der Waals surface area contributed by atoms with Crippen molar-refractivity contribution in [3.63, 3.8) is 0 Å². The van der Waals surface area contributed by atoms with E-state index in [1.165, 1.54) is 22.7 Å². The molecule has 5 aromatic rings. The van der Waals surface area contributed by atoms with Crippen molar-refractivity contribution in [1.29, 1.82) is 0 Å². The molecular formula is C25H19ClFN5O2. The van der Waals surface area contributed by atoms with E-state index < -0.39 is 11.7 Å². The Kier molecular flexibility index (Phi) is 5.37. The van der Waals surface area contributed by atoms with E-state index in [1.54, 1.807) is 23.6 Å². The van der Waals surface area contributed by atoms with Crippen LogP contribution in [0.25, 0.3) is 16.7 Å². The monoisotopic (exact) mass is 475 g/mol. The van der Waals surface area contributed by atoms with Crippen LogP contribution in [0, 0.1) is 19.7 Å². The summed E-state index contributed by atoms with van der Waals surface area (Å²) in [5, 5.41) is 7.62. The van der Waals surface area contributed by atoms with Crippen molar-refractivity contribution in [2.75, 3.05) is 5.32 Å². The zero-order valence-electron chi connectivity index (χ0n) is 18.3. The lowest BCUT2D eigenvalue weighted by atomic mass is 10.2. The predicted molar refractivity (Wildman–Crippen MR) is 129 cm³/mol. The highest BCUT2D eigenvalue weighted by molar-refractivity contribution is 6.30. The number of anilines is 1. The second kappa shape index (κ2) is 8.39. The van der Waals surface area contributed by atoms with Crippen LogP contribution in [0.1, 0.15) is 27.3 Å². The number of nitrogens with one attached hydrogen (secondary N) is 1. The number of aromatic nitrogens is 4. The summed E-state index contributed by atoms with van der Waals surface area (Å²) in [6.07, 6.45) is 0. The quantitative estimate of drug-likeness (QED) is 0.406. The molecule has 2 heterocycles. The lowest BCUT2D eigenvalue weighted by Gasteiger charge is -2.12. The van der Waals surface area contributed by atoms with Crippen molar-refractivity contribution in [2.24, 2.45) is 0 Å². The number of halogens is 2. The minimum Gasteiger partial charge on any atom is -0.319 e. The topological polar surface area (TPSA) is 81.3 Å². The highest BCUT2D eigenvalue weighted by atomic mass is 35.5. The van der Waals surface area contributed by atoms with Crippen molar-refractivity contribution < 1.29 is 9.18 Å². The average molecular weight is 476 g/mol. The Morgan fingerprint density at radius 3 is 2.53 bits per heavy atom. The number of amides is 1. The maximum absolute atomic E-state index is 13.5. The number of aryl methyl sites for hydroxylation is 2. The Labute approximate surface area is 198 Å². The van der Waals surface area contributed by atoms with Crippen LogP contribution in [-0.4, -0.2) is 25.1 Å². The zero-order chi connectivity index (χ0) is 24.0. The molecule has 0 saturated heterocycles. The molecule has 0 aliphatic carbocycles. The molecule has 0 atom stereocenters. The van der Waals surface area contributed by atoms with E-state index in [9.17, 15) is 14.0 Å². The van der Waals surface area contributed by atoms with Gasteiger partial charge in [-0.05, 0) is 73.0 Å². The van der Waals surface area contributed by atoms with Crippen molar-refractivity contribution >= 4 is 39.9 Å². The van der Waals surface area contributed by atoms with Crippen molar-refractivity contribution in [3.8, 4) is 0 Å². The molecule has 0 saturated carbocycles. The summed E-state index contributed by atoms with van der Waals surface area (Å²) in [4.78, 5) is 30.6. The normalized spacial score (nSPS) is 11.3. The number of fused-ring (bicyclic) bond motifs is 3. The smallest absolute Gasteiger partial charge is 0.296 e. The Morgan fingerprint density at radius 2 is 1.79 bits per heavy atom. The third kappa shape index (κ3) is 3.92. The number of hydrogen-bond acceptors (Lipinski definition) is 4. The summed E-state index contributed by atoms with van der Waals surface area (Å²) in [7, 11) is 0. The van der Waals surface area contributed by atoms with Gasteiger partial charge in [0.15, 0.2) is 0 Å². The molecule has 1 N–H and O–H groups in total. The van der Waals surface area contributed by atoms with E-state index in [4.69, 9.17) is 11.6 Å². The van der Waals surface area contributed by atoms with Crippen LogP contribution in [0.2, 0.25) is 5.02 Å². The molecule has 3 aromatic carbocycles. The van der Waals surface area contributed by atoms with Crippen LogP contribution in [0.3, 0.4) is 0 Å². The van der Waals surface area contributed by atoms with E-state index in [0.29, 0.717) is 33.9 Å². The van der Waals surface area contributed by atoms with Gasteiger partial charge in [-0.1, -0.05) is 29.8 Å². The molecule has 0 fully saturated rings. The first kappa shape index (κ1) is 21.8. The predicted octanol–water partition coefficient (Wildman–Crippen LogP) is 4.75. The van der Waals surface area contributed by atoms with Crippen LogP contribution < -0.4 is 10.9 Å². The Balaban J connectivity index is 1.63. The standard InChI is InChI=1S/C25H19ClFN5O2/c1-14-3-10-20-21(11-14)31(13-16-4-6-17(26)7-5-16)25(34)23-29-22(30-32(20)23)24(33)28-19-9-8-18(27)12-15(19)2/h3-12H,13H2,1-2H3,(H,28,33). The van der Waals surface area contributed by atoms with Crippen LogP contribution >= 0.6 is 11.6 Å². The third-order valence-electron chi connectivity index (χ3n) is 5.59.